The number of para-hydroxylation sites is 1. The van der Waals surface area contributed by atoms with Crippen LogP contribution in [-0.4, -0.2) is 41.3 Å². The van der Waals surface area contributed by atoms with Crippen molar-refractivity contribution in [3.63, 3.8) is 0 Å². The van der Waals surface area contributed by atoms with Crippen molar-refractivity contribution in [2.75, 3.05) is 19.6 Å². The number of carbonyl (C=O) groups excluding carboxylic acids is 2. The maximum Gasteiger partial charge on any atom is 0.251 e. The Hall–Kier alpha value is -2.73. The second kappa shape index (κ2) is 8.10. The number of piperidine rings is 1. The first-order valence-corrected chi connectivity index (χ1v) is 10.4. The number of rotatable bonds is 4. The van der Waals surface area contributed by atoms with Crippen molar-refractivity contribution < 1.29 is 9.59 Å². The maximum atomic E-state index is 12.5. The van der Waals surface area contributed by atoms with Crippen LogP contribution in [0, 0.1) is 6.92 Å². The monoisotopic (exact) mass is 393 g/mol. The van der Waals surface area contributed by atoms with Crippen LogP contribution in [0.4, 0.5) is 0 Å². The SMILES string of the molecule is Cc1ccc(C(=O)NCC(=O)N2CCC(c3nc4ccccc4s3)CC2)cc1. The summed E-state index contributed by atoms with van der Waals surface area (Å²) >= 11 is 1.75. The van der Waals surface area contributed by atoms with Gasteiger partial charge in [0.15, 0.2) is 0 Å². The molecule has 0 unspecified atom stereocenters. The highest BCUT2D eigenvalue weighted by Gasteiger charge is 2.26. The molecule has 0 saturated carbocycles. The third kappa shape index (κ3) is 4.07. The van der Waals surface area contributed by atoms with E-state index in [1.54, 1.807) is 23.5 Å². The Kier molecular flexibility index (Phi) is 5.39. The minimum absolute atomic E-state index is 0.0248. The Morgan fingerprint density at radius 2 is 1.82 bits per heavy atom. The molecule has 0 atom stereocenters. The molecule has 1 aromatic heterocycles. The highest BCUT2D eigenvalue weighted by atomic mass is 32.1. The third-order valence-electron chi connectivity index (χ3n) is 5.22. The fourth-order valence-electron chi connectivity index (χ4n) is 3.52. The number of amides is 2. The van der Waals surface area contributed by atoms with E-state index < -0.39 is 0 Å². The molecule has 0 bridgehead atoms. The predicted molar refractivity (Wildman–Crippen MR) is 112 cm³/mol. The minimum atomic E-state index is -0.210. The Morgan fingerprint density at radius 3 is 2.54 bits per heavy atom. The Labute approximate surface area is 168 Å². The number of aryl methyl sites for hydroxylation is 1. The van der Waals surface area contributed by atoms with E-state index in [-0.39, 0.29) is 18.4 Å². The first-order valence-electron chi connectivity index (χ1n) is 9.58. The lowest BCUT2D eigenvalue weighted by atomic mass is 9.97. The summed E-state index contributed by atoms with van der Waals surface area (Å²) in [6, 6.07) is 15.5. The third-order valence-corrected chi connectivity index (χ3v) is 6.42. The standard InChI is InChI=1S/C22H23N3O2S/c1-15-6-8-16(9-7-15)21(27)23-14-20(26)25-12-10-17(11-13-25)22-24-18-4-2-3-5-19(18)28-22/h2-9,17H,10-14H2,1H3,(H,23,27). The van der Waals surface area contributed by atoms with Crippen LogP contribution in [0.1, 0.15) is 39.7 Å². The molecular weight excluding hydrogens is 370 g/mol. The Balaban J connectivity index is 1.29. The first-order chi connectivity index (χ1) is 13.6. The number of benzene rings is 2. The minimum Gasteiger partial charge on any atom is -0.343 e. The van der Waals surface area contributed by atoms with Crippen molar-refractivity contribution in [2.45, 2.75) is 25.7 Å². The first kappa shape index (κ1) is 18.6. The Bertz CT molecular complexity index is 955. The summed E-state index contributed by atoms with van der Waals surface area (Å²) in [5.74, 6) is 0.171. The molecule has 0 radical (unpaired) electrons. The number of thiazole rings is 1. The number of fused-ring (bicyclic) bond motifs is 1. The summed E-state index contributed by atoms with van der Waals surface area (Å²) in [7, 11) is 0. The zero-order chi connectivity index (χ0) is 19.5. The lowest BCUT2D eigenvalue weighted by Gasteiger charge is -2.31. The molecule has 1 saturated heterocycles. The van der Waals surface area contributed by atoms with Crippen LogP contribution in [0.15, 0.2) is 48.5 Å². The fourth-order valence-corrected chi connectivity index (χ4v) is 4.65. The van der Waals surface area contributed by atoms with E-state index in [9.17, 15) is 9.59 Å². The van der Waals surface area contributed by atoms with Gasteiger partial charge in [0, 0.05) is 24.6 Å². The van der Waals surface area contributed by atoms with Crippen LogP contribution in [0.3, 0.4) is 0 Å². The van der Waals surface area contributed by atoms with Crippen LogP contribution in [0.5, 0.6) is 0 Å². The van der Waals surface area contributed by atoms with Crippen LogP contribution in [0.2, 0.25) is 0 Å². The normalized spacial score (nSPS) is 15.0. The van der Waals surface area contributed by atoms with Crippen LogP contribution in [0.25, 0.3) is 10.2 Å². The van der Waals surface area contributed by atoms with Gasteiger partial charge in [-0.05, 0) is 44.0 Å². The van der Waals surface area contributed by atoms with Crippen molar-refractivity contribution in [1.82, 2.24) is 15.2 Å². The molecule has 4 rings (SSSR count). The van der Waals surface area contributed by atoms with Crippen molar-refractivity contribution in [2.24, 2.45) is 0 Å². The van der Waals surface area contributed by atoms with Crippen LogP contribution in [-0.2, 0) is 4.79 Å². The highest BCUT2D eigenvalue weighted by molar-refractivity contribution is 7.18. The van der Waals surface area contributed by atoms with Crippen molar-refractivity contribution in [1.29, 1.82) is 0 Å². The zero-order valence-corrected chi connectivity index (χ0v) is 16.7. The molecular formula is C22H23N3O2S. The van der Waals surface area contributed by atoms with Gasteiger partial charge in [-0.15, -0.1) is 11.3 Å². The molecule has 1 fully saturated rings. The quantitative estimate of drug-likeness (QED) is 0.734. The number of nitrogens with one attached hydrogen (secondary N) is 1. The molecule has 0 aliphatic carbocycles. The van der Waals surface area contributed by atoms with Gasteiger partial charge in [0.1, 0.15) is 0 Å². The summed E-state index contributed by atoms with van der Waals surface area (Å²) < 4.78 is 1.22. The van der Waals surface area contributed by atoms with E-state index in [0.717, 1.165) is 23.9 Å². The van der Waals surface area contributed by atoms with Gasteiger partial charge >= 0.3 is 0 Å². The van der Waals surface area contributed by atoms with E-state index in [1.165, 1.54) is 9.71 Å². The second-order valence-electron chi connectivity index (χ2n) is 7.22. The number of hydrogen-bond acceptors (Lipinski definition) is 4. The van der Waals surface area contributed by atoms with Gasteiger partial charge in [-0.25, -0.2) is 4.98 Å². The molecule has 28 heavy (non-hydrogen) atoms. The average Bonchev–Trinajstić information content (AvgIpc) is 3.16. The summed E-state index contributed by atoms with van der Waals surface area (Å²) in [6.45, 7) is 3.43. The number of hydrogen-bond donors (Lipinski definition) is 1. The molecule has 144 valence electrons. The van der Waals surface area contributed by atoms with Crippen LogP contribution >= 0.6 is 11.3 Å². The largest absolute Gasteiger partial charge is 0.343 e. The smallest absolute Gasteiger partial charge is 0.251 e. The van der Waals surface area contributed by atoms with Gasteiger partial charge in [0.05, 0.1) is 21.8 Å². The van der Waals surface area contributed by atoms with E-state index in [0.29, 0.717) is 24.6 Å². The highest BCUT2D eigenvalue weighted by Crippen LogP contribution is 2.33. The predicted octanol–water partition coefficient (Wildman–Crippen LogP) is 3.74. The summed E-state index contributed by atoms with van der Waals surface area (Å²) in [5.41, 5.74) is 2.73. The van der Waals surface area contributed by atoms with Gasteiger partial charge in [-0.2, -0.15) is 0 Å². The maximum absolute atomic E-state index is 12.5. The summed E-state index contributed by atoms with van der Waals surface area (Å²) in [5, 5.41) is 3.90. The van der Waals surface area contributed by atoms with Crippen LogP contribution < -0.4 is 5.32 Å². The fraction of sp³-hybridized carbons (Fsp3) is 0.318. The van der Waals surface area contributed by atoms with E-state index in [4.69, 9.17) is 4.98 Å². The number of likely N-dealkylation sites (tertiary alicyclic amines) is 1. The molecule has 1 N–H and O–H groups in total. The topological polar surface area (TPSA) is 62.3 Å². The molecule has 0 spiro atoms. The summed E-state index contributed by atoms with van der Waals surface area (Å²) in [6.07, 6.45) is 1.83. The lowest BCUT2D eigenvalue weighted by molar-refractivity contribution is -0.131. The lowest BCUT2D eigenvalue weighted by Crippen LogP contribution is -2.43. The van der Waals surface area contributed by atoms with E-state index >= 15 is 0 Å². The van der Waals surface area contributed by atoms with Gasteiger partial charge in [-0.1, -0.05) is 29.8 Å². The number of nitrogens with zero attached hydrogens (tertiary/aromatic N) is 2. The number of aromatic nitrogens is 1. The average molecular weight is 394 g/mol. The zero-order valence-electron chi connectivity index (χ0n) is 15.9. The molecule has 2 heterocycles. The van der Waals surface area contributed by atoms with Gasteiger partial charge in [0.2, 0.25) is 5.91 Å². The van der Waals surface area contributed by atoms with Crippen molar-refractivity contribution >= 4 is 33.4 Å². The van der Waals surface area contributed by atoms with E-state index in [1.807, 2.05) is 42.2 Å². The molecule has 5 nitrogen and oxygen atoms in total. The molecule has 6 heteroatoms. The molecule has 2 aromatic carbocycles. The van der Waals surface area contributed by atoms with Gasteiger partial charge < -0.3 is 10.2 Å². The van der Waals surface area contributed by atoms with E-state index in [2.05, 4.69) is 11.4 Å². The van der Waals surface area contributed by atoms with Gasteiger partial charge in [0.25, 0.3) is 5.91 Å². The number of carbonyl (C=O) groups is 2. The van der Waals surface area contributed by atoms with Crippen molar-refractivity contribution in [3.05, 3.63) is 64.7 Å². The Morgan fingerprint density at radius 1 is 1.11 bits per heavy atom. The molecule has 2 amide bonds. The summed E-state index contributed by atoms with van der Waals surface area (Å²) in [4.78, 5) is 31.3. The molecule has 1 aliphatic rings. The second-order valence-corrected chi connectivity index (χ2v) is 8.29. The van der Waals surface area contributed by atoms with Crippen molar-refractivity contribution in [3.8, 4) is 0 Å². The molecule has 3 aromatic rings. The molecule has 1 aliphatic heterocycles. The van der Waals surface area contributed by atoms with Gasteiger partial charge in [-0.3, -0.25) is 9.59 Å².